The SMILES string of the molecule is CC1OC(C)C(C(=O)N2CCCN(CCCN)CC2)C1C. The van der Waals surface area contributed by atoms with Gasteiger partial charge in [-0.25, -0.2) is 0 Å². The number of amides is 1. The van der Waals surface area contributed by atoms with Gasteiger partial charge in [0.05, 0.1) is 18.1 Å². The molecule has 0 bridgehead atoms. The minimum atomic E-state index is 0.0237. The molecule has 0 saturated carbocycles. The first-order chi connectivity index (χ1) is 10.0. The average molecular weight is 297 g/mol. The molecule has 2 fully saturated rings. The fourth-order valence-electron chi connectivity index (χ4n) is 3.63. The zero-order valence-corrected chi connectivity index (χ0v) is 13.8. The third-order valence-electron chi connectivity index (χ3n) is 5.11. The van der Waals surface area contributed by atoms with E-state index in [0.29, 0.717) is 11.8 Å². The monoisotopic (exact) mass is 297 g/mol. The van der Waals surface area contributed by atoms with Crippen LogP contribution in [0.15, 0.2) is 0 Å². The molecule has 4 atom stereocenters. The van der Waals surface area contributed by atoms with Crippen molar-refractivity contribution in [2.75, 3.05) is 39.3 Å². The standard InChI is InChI=1S/C16H31N3O2/c1-12-13(2)21-14(3)15(12)16(20)19-9-5-8-18(10-11-19)7-4-6-17/h12-15H,4-11,17H2,1-3H3. The molecule has 2 rings (SSSR count). The quantitative estimate of drug-likeness (QED) is 0.838. The lowest BCUT2D eigenvalue weighted by Crippen LogP contribution is -2.42. The Morgan fingerprint density at radius 1 is 1.14 bits per heavy atom. The molecule has 4 unspecified atom stereocenters. The third-order valence-corrected chi connectivity index (χ3v) is 5.11. The van der Waals surface area contributed by atoms with Crippen LogP contribution in [0.3, 0.4) is 0 Å². The van der Waals surface area contributed by atoms with E-state index < -0.39 is 0 Å². The zero-order valence-electron chi connectivity index (χ0n) is 13.8. The van der Waals surface area contributed by atoms with E-state index in [-0.39, 0.29) is 18.1 Å². The number of rotatable bonds is 4. The molecule has 21 heavy (non-hydrogen) atoms. The first-order valence-electron chi connectivity index (χ1n) is 8.41. The zero-order chi connectivity index (χ0) is 15.4. The molecule has 0 aliphatic carbocycles. The van der Waals surface area contributed by atoms with E-state index in [2.05, 4.69) is 23.6 Å². The maximum atomic E-state index is 12.8. The summed E-state index contributed by atoms with van der Waals surface area (Å²) in [6.07, 6.45) is 2.32. The van der Waals surface area contributed by atoms with Gasteiger partial charge in [-0.3, -0.25) is 4.79 Å². The molecule has 122 valence electrons. The molecular formula is C16H31N3O2. The van der Waals surface area contributed by atoms with E-state index in [0.717, 1.165) is 52.1 Å². The smallest absolute Gasteiger partial charge is 0.228 e. The average Bonchev–Trinajstić information content (AvgIpc) is 2.64. The number of nitrogens with two attached hydrogens (primary N) is 1. The summed E-state index contributed by atoms with van der Waals surface area (Å²) in [5, 5.41) is 0. The second-order valence-electron chi connectivity index (χ2n) is 6.59. The van der Waals surface area contributed by atoms with Gasteiger partial charge in [-0.1, -0.05) is 6.92 Å². The number of nitrogens with zero attached hydrogens (tertiary/aromatic N) is 2. The molecule has 5 nitrogen and oxygen atoms in total. The Hall–Kier alpha value is -0.650. The van der Waals surface area contributed by atoms with Crippen molar-refractivity contribution in [3.05, 3.63) is 0 Å². The summed E-state index contributed by atoms with van der Waals surface area (Å²) >= 11 is 0. The molecule has 0 spiro atoms. The fourth-order valence-corrected chi connectivity index (χ4v) is 3.63. The lowest BCUT2D eigenvalue weighted by molar-refractivity contribution is -0.137. The predicted molar refractivity (Wildman–Crippen MR) is 84.0 cm³/mol. The lowest BCUT2D eigenvalue weighted by Gasteiger charge is -2.27. The van der Waals surface area contributed by atoms with E-state index >= 15 is 0 Å². The Labute approximate surface area is 128 Å². The van der Waals surface area contributed by atoms with Crippen LogP contribution in [0.5, 0.6) is 0 Å². The lowest BCUT2D eigenvalue weighted by atomic mass is 9.88. The van der Waals surface area contributed by atoms with Crippen LogP contribution in [-0.2, 0) is 9.53 Å². The molecule has 2 aliphatic rings. The molecule has 0 aromatic rings. The normalized spacial score (nSPS) is 35.0. The number of carbonyl (C=O) groups is 1. The molecule has 2 heterocycles. The Morgan fingerprint density at radius 2 is 1.90 bits per heavy atom. The van der Waals surface area contributed by atoms with Gasteiger partial charge < -0.3 is 20.3 Å². The number of hydrogen-bond donors (Lipinski definition) is 1. The Kier molecular flexibility index (Phi) is 6.02. The Bertz CT molecular complexity index is 350. The van der Waals surface area contributed by atoms with Crippen molar-refractivity contribution >= 4 is 5.91 Å². The van der Waals surface area contributed by atoms with Gasteiger partial charge in [-0.05, 0) is 52.2 Å². The van der Waals surface area contributed by atoms with Crippen LogP contribution < -0.4 is 5.73 Å². The van der Waals surface area contributed by atoms with Crippen molar-refractivity contribution in [1.82, 2.24) is 9.80 Å². The highest BCUT2D eigenvalue weighted by atomic mass is 16.5. The molecule has 0 aromatic heterocycles. The van der Waals surface area contributed by atoms with Gasteiger partial charge in [0, 0.05) is 19.6 Å². The summed E-state index contributed by atoms with van der Waals surface area (Å²) in [4.78, 5) is 17.3. The highest BCUT2D eigenvalue weighted by Gasteiger charge is 2.43. The minimum absolute atomic E-state index is 0.0237. The van der Waals surface area contributed by atoms with E-state index in [9.17, 15) is 4.79 Å². The van der Waals surface area contributed by atoms with Crippen LogP contribution in [0.1, 0.15) is 33.6 Å². The van der Waals surface area contributed by atoms with Crippen molar-refractivity contribution in [2.45, 2.75) is 45.8 Å². The van der Waals surface area contributed by atoms with Crippen molar-refractivity contribution in [1.29, 1.82) is 0 Å². The van der Waals surface area contributed by atoms with E-state index in [4.69, 9.17) is 10.5 Å². The maximum Gasteiger partial charge on any atom is 0.228 e. The maximum absolute atomic E-state index is 12.8. The van der Waals surface area contributed by atoms with Gasteiger partial charge in [0.25, 0.3) is 0 Å². The molecule has 5 heteroatoms. The largest absolute Gasteiger partial charge is 0.374 e. The summed E-state index contributed by atoms with van der Waals surface area (Å²) in [6.45, 7) is 11.8. The molecule has 1 amide bonds. The Morgan fingerprint density at radius 3 is 2.52 bits per heavy atom. The van der Waals surface area contributed by atoms with E-state index in [1.807, 2.05) is 6.92 Å². The second kappa shape index (κ2) is 7.56. The Balaban J connectivity index is 1.91. The van der Waals surface area contributed by atoms with Gasteiger partial charge in [0.1, 0.15) is 0 Å². The van der Waals surface area contributed by atoms with Crippen molar-refractivity contribution in [3.63, 3.8) is 0 Å². The van der Waals surface area contributed by atoms with Gasteiger partial charge in [0.2, 0.25) is 5.91 Å². The van der Waals surface area contributed by atoms with Crippen LogP contribution in [0.4, 0.5) is 0 Å². The highest BCUT2D eigenvalue weighted by Crippen LogP contribution is 2.33. The van der Waals surface area contributed by atoms with E-state index in [1.165, 1.54) is 0 Å². The van der Waals surface area contributed by atoms with Crippen molar-refractivity contribution in [2.24, 2.45) is 17.6 Å². The van der Waals surface area contributed by atoms with Gasteiger partial charge in [-0.2, -0.15) is 0 Å². The highest BCUT2D eigenvalue weighted by molar-refractivity contribution is 5.80. The number of hydrogen-bond acceptors (Lipinski definition) is 4. The summed E-state index contributed by atoms with van der Waals surface area (Å²) in [5.74, 6) is 0.625. The minimum Gasteiger partial charge on any atom is -0.374 e. The topological polar surface area (TPSA) is 58.8 Å². The molecule has 2 N–H and O–H groups in total. The first-order valence-corrected chi connectivity index (χ1v) is 8.41. The summed E-state index contributed by atoms with van der Waals surface area (Å²) < 4.78 is 5.83. The summed E-state index contributed by atoms with van der Waals surface area (Å²) in [7, 11) is 0. The van der Waals surface area contributed by atoms with Gasteiger partial charge >= 0.3 is 0 Å². The summed E-state index contributed by atoms with van der Waals surface area (Å²) in [5.41, 5.74) is 5.58. The van der Waals surface area contributed by atoms with Gasteiger partial charge in [-0.15, -0.1) is 0 Å². The summed E-state index contributed by atoms with van der Waals surface area (Å²) in [6, 6.07) is 0. The predicted octanol–water partition coefficient (Wildman–Crippen LogP) is 0.929. The van der Waals surface area contributed by atoms with Crippen LogP contribution in [-0.4, -0.2) is 67.2 Å². The molecule has 2 saturated heterocycles. The second-order valence-corrected chi connectivity index (χ2v) is 6.59. The first kappa shape index (κ1) is 16.7. The molecule has 2 aliphatic heterocycles. The molecule has 0 aromatic carbocycles. The van der Waals surface area contributed by atoms with Crippen LogP contribution in [0.25, 0.3) is 0 Å². The number of ether oxygens (including phenoxy) is 1. The number of carbonyl (C=O) groups excluding carboxylic acids is 1. The van der Waals surface area contributed by atoms with Crippen LogP contribution >= 0.6 is 0 Å². The molecule has 0 radical (unpaired) electrons. The fraction of sp³-hybridized carbons (Fsp3) is 0.938. The van der Waals surface area contributed by atoms with Crippen LogP contribution in [0, 0.1) is 11.8 Å². The van der Waals surface area contributed by atoms with Crippen molar-refractivity contribution in [3.8, 4) is 0 Å². The van der Waals surface area contributed by atoms with Crippen molar-refractivity contribution < 1.29 is 9.53 Å². The van der Waals surface area contributed by atoms with Gasteiger partial charge in [0.15, 0.2) is 0 Å². The van der Waals surface area contributed by atoms with Crippen LogP contribution in [0.2, 0.25) is 0 Å². The third kappa shape index (κ3) is 3.96. The molecular weight excluding hydrogens is 266 g/mol. The van der Waals surface area contributed by atoms with E-state index in [1.54, 1.807) is 0 Å².